The third-order valence-electron chi connectivity index (χ3n) is 2.15. The Morgan fingerprint density at radius 3 is 2.62 bits per heavy atom. The van der Waals surface area contributed by atoms with Crippen molar-refractivity contribution < 1.29 is 9.90 Å². The summed E-state index contributed by atoms with van der Waals surface area (Å²) >= 11 is 1.63. The van der Waals surface area contributed by atoms with Crippen LogP contribution in [-0.4, -0.2) is 11.1 Å². The van der Waals surface area contributed by atoms with Gasteiger partial charge in [-0.05, 0) is 44.2 Å². The van der Waals surface area contributed by atoms with E-state index < -0.39 is 11.4 Å². The first-order valence-electron chi connectivity index (χ1n) is 4.20. The molecule has 3 heteroatoms. The van der Waals surface area contributed by atoms with E-state index in [2.05, 4.69) is 0 Å². The average Bonchev–Trinajstić information content (AvgIpc) is 2.35. The van der Waals surface area contributed by atoms with Gasteiger partial charge in [0.25, 0.3) is 0 Å². The second-order valence-electron chi connectivity index (χ2n) is 3.89. The molecular weight excluding hydrogens is 184 g/mol. The topological polar surface area (TPSA) is 37.3 Å². The van der Waals surface area contributed by atoms with Gasteiger partial charge in [-0.3, -0.25) is 4.79 Å². The van der Waals surface area contributed by atoms with Crippen LogP contribution in [0.25, 0.3) is 0 Å². The summed E-state index contributed by atoms with van der Waals surface area (Å²) in [5.41, 5.74) is 0.537. The van der Waals surface area contributed by atoms with E-state index in [0.29, 0.717) is 6.42 Å². The molecule has 0 aliphatic carbocycles. The van der Waals surface area contributed by atoms with Gasteiger partial charge in [0.2, 0.25) is 0 Å². The summed E-state index contributed by atoms with van der Waals surface area (Å²) in [7, 11) is 0. The highest BCUT2D eigenvalue weighted by Crippen LogP contribution is 2.27. The van der Waals surface area contributed by atoms with Crippen molar-refractivity contribution in [3.63, 3.8) is 0 Å². The first kappa shape index (κ1) is 10.3. The Morgan fingerprint density at radius 2 is 2.23 bits per heavy atom. The third-order valence-corrected chi connectivity index (χ3v) is 3.17. The smallest absolute Gasteiger partial charge is 0.309 e. The second-order valence-corrected chi connectivity index (χ2v) is 4.89. The lowest BCUT2D eigenvalue weighted by atomic mass is 9.88. The van der Waals surface area contributed by atoms with Crippen LogP contribution in [0.2, 0.25) is 0 Å². The Morgan fingerprint density at radius 1 is 1.62 bits per heavy atom. The predicted octanol–water partition coefficient (Wildman–Crippen LogP) is 2.71. The number of carbonyl (C=O) groups is 1. The van der Waals surface area contributed by atoms with Gasteiger partial charge in [-0.25, -0.2) is 0 Å². The number of aryl methyl sites for hydroxylation is 1. The molecule has 0 unspecified atom stereocenters. The lowest BCUT2D eigenvalue weighted by Crippen LogP contribution is -2.25. The van der Waals surface area contributed by atoms with Crippen molar-refractivity contribution in [1.82, 2.24) is 0 Å². The lowest BCUT2D eigenvalue weighted by molar-refractivity contribution is -0.146. The molecule has 72 valence electrons. The van der Waals surface area contributed by atoms with E-state index in [9.17, 15) is 4.79 Å². The largest absolute Gasteiger partial charge is 0.481 e. The zero-order chi connectivity index (χ0) is 10.1. The molecule has 0 spiro atoms. The van der Waals surface area contributed by atoms with Crippen LogP contribution in [0.3, 0.4) is 0 Å². The quantitative estimate of drug-likeness (QED) is 0.810. The Bertz CT molecular complexity index is 312. The number of hydrogen-bond acceptors (Lipinski definition) is 2. The first-order chi connectivity index (χ1) is 5.93. The van der Waals surface area contributed by atoms with Crippen LogP contribution in [0.15, 0.2) is 11.4 Å². The van der Waals surface area contributed by atoms with Crippen LogP contribution in [0.1, 0.15) is 24.3 Å². The second kappa shape index (κ2) is 3.50. The predicted molar refractivity (Wildman–Crippen MR) is 54.2 cm³/mol. The maximum atomic E-state index is 10.9. The van der Waals surface area contributed by atoms with E-state index in [0.717, 1.165) is 0 Å². The molecule has 1 aromatic rings. The Hall–Kier alpha value is -0.830. The minimum Gasteiger partial charge on any atom is -0.481 e. The molecule has 0 aliphatic heterocycles. The summed E-state index contributed by atoms with van der Waals surface area (Å²) in [5.74, 6) is -0.736. The Labute approximate surface area is 82.2 Å². The molecular formula is C10H14O2S. The summed E-state index contributed by atoms with van der Waals surface area (Å²) in [6.45, 7) is 5.53. The Balaban J connectivity index is 2.80. The van der Waals surface area contributed by atoms with Crippen molar-refractivity contribution >= 4 is 17.3 Å². The van der Waals surface area contributed by atoms with Crippen LogP contribution >= 0.6 is 11.3 Å². The van der Waals surface area contributed by atoms with Crippen molar-refractivity contribution in [1.29, 1.82) is 0 Å². The number of rotatable bonds is 3. The maximum Gasteiger partial charge on any atom is 0.309 e. The maximum absolute atomic E-state index is 10.9. The van der Waals surface area contributed by atoms with Crippen molar-refractivity contribution in [3.05, 3.63) is 21.9 Å². The SMILES string of the molecule is Cc1ccsc1CC(C)(C)C(=O)O. The minimum atomic E-state index is -0.736. The van der Waals surface area contributed by atoms with Gasteiger partial charge in [0, 0.05) is 4.88 Å². The molecule has 0 bridgehead atoms. The van der Waals surface area contributed by atoms with Gasteiger partial charge in [-0.1, -0.05) is 0 Å². The van der Waals surface area contributed by atoms with Crippen molar-refractivity contribution in [2.75, 3.05) is 0 Å². The van der Waals surface area contributed by atoms with Gasteiger partial charge < -0.3 is 5.11 Å². The number of thiophene rings is 1. The van der Waals surface area contributed by atoms with E-state index >= 15 is 0 Å². The van der Waals surface area contributed by atoms with Crippen molar-refractivity contribution in [2.24, 2.45) is 5.41 Å². The summed E-state index contributed by atoms with van der Waals surface area (Å²) in [4.78, 5) is 12.0. The molecule has 0 fully saturated rings. The van der Waals surface area contributed by atoms with Crippen molar-refractivity contribution in [2.45, 2.75) is 27.2 Å². The molecule has 1 rings (SSSR count). The van der Waals surface area contributed by atoms with Gasteiger partial charge in [-0.15, -0.1) is 11.3 Å². The fourth-order valence-electron chi connectivity index (χ4n) is 1.06. The third kappa shape index (κ3) is 2.31. The number of carboxylic acid groups (broad SMARTS) is 1. The highest BCUT2D eigenvalue weighted by Gasteiger charge is 2.28. The van der Waals surface area contributed by atoms with E-state index in [4.69, 9.17) is 5.11 Å². The fraction of sp³-hybridized carbons (Fsp3) is 0.500. The van der Waals surface area contributed by atoms with E-state index in [1.807, 2.05) is 18.4 Å². The number of hydrogen-bond donors (Lipinski definition) is 1. The van der Waals surface area contributed by atoms with Gasteiger partial charge in [-0.2, -0.15) is 0 Å². The van der Waals surface area contributed by atoms with Crippen LogP contribution in [-0.2, 0) is 11.2 Å². The summed E-state index contributed by atoms with van der Waals surface area (Å²) in [6, 6.07) is 2.03. The van der Waals surface area contributed by atoms with Crippen LogP contribution < -0.4 is 0 Å². The molecule has 0 aromatic carbocycles. The average molecular weight is 198 g/mol. The molecule has 0 radical (unpaired) electrons. The summed E-state index contributed by atoms with van der Waals surface area (Å²) in [5, 5.41) is 10.9. The lowest BCUT2D eigenvalue weighted by Gasteiger charge is -2.18. The van der Waals surface area contributed by atoms with Crippen LogP contribution in [0.4, 0.5) is 0 Å². The van der Waals surface area contributed by atoms with Crippen LogP contribution in [0, 0.1) is 12.3 Å². The molecule has 0 saturated carbocycles. The zero-order valence-corrected chi connectivity index (χ0v) is 8.94. The summed E-state index contributed by atoms with van der Waals surface area (Å²) < 4.78 is 0. The molecule has 0 amide bonds. The molecule has 2 nitrogen and oxygen atoms in total. The van der Waals surface area contributed by atoms with Gasteiger partial charge >= 0.3 is 5.97 Å². The number of carboxylic acids is 1. The van der Waals surface area contributed by atoms with Crippen molar-refractivity contribution in [3.8, 4) is 0 Å². The standard InChI is InChI=1S/C10H14O2S/c1-7-4-5-13-8(7)6-10(2,3)9(11)12/h4-5H,6H2,1-3H3,(H,11,12). The molecule has 0 saturated heterocycles. The normalized spacial score (nSPS) is 11.6. The molecule has 0 aliphatic rings. The molecule has 13 heavy (non-hydrogen) atoms. The fourth-order valence-corrected chi connectivity index (χ4v) is 2.20. The first-order valence-corrected chi connectivity index (χ1v) is 5.08. The summed E-state index contributed by atoms with van der Waals surface area (Å²) in [6.07, 6.45) is 0.617. The molecule has 1 N–H and O–H groups in total. The number of aliphatic carboxylic acids is 1. The van der Waals surface area contributed by atoms with Gasteiger partial charge in [0.05, 0.1) is 5.41 Å². The highest BCUT2D eigenvalue weighted by atomic mass is 32.1. The highest BCUT2D eigenvalue weighted by molar-refractivity contribution is 7.10. The minimum absolute atomic E-state index is 0.617. The molecule has 1 heterocycles. The van der Waals surface area contributed by atoms with Crippen LogP contribution in [0.5, 0.6) is 0 Å². The Kier molecular flexibility index (Phi) is 2.76. The van der Waals surface area contributed by atoms with E-state index in [1.165, 1.54) is 10.4 Å². The van der Waals surface area contributed by atoms with E-state index in [1.54, 1.807) is 25.2 Å². The molecule has 1 aromatic heterocycles. The molecule has 0 atom stereocenters. The van der Waals surface area contributed by atoms with E-state index in [-0.39, 0.29) is 0 Å². The zero-order valence-electron chi connectivity index (χ0n) is 8.13. The van der Waals surface area contributed by atoms with Gasteiger partial charge in [0.15, 0.2) is 0 Å². The van der Waals surface area contributed by atoms with Gasteiger partial charge in [0.1, 0.15) is 0 Å². The monoisotopic (exact) mass is 198 g/mol.